The summed E-state index contributed by atoms with van der Waals surface area (Å²) in [4.78, 5) is 11.5. The Bertz CT molecular complexity index is 882. The van der Waals surface area contributed by atoms with Gasteiger partial charge in [-0.25, -0.2) is 4.79 Å². The van der Waals surface area contributed by atoms with Gasteiger partial charge in [-0.1, -0.05) is 40.2 Å². The summed E-state index contributed by atoms with van der Waals surface area (Å²) in [6.45, 7) is 2.02. The molecule has 3 rings (SSSR count). The predicted octanol–water partition coefficient (Wildman–Crippen LogP) is 4.53. The topological polar surface area (TPSA) is 35.1 Å². The number of rotatable bonds is 2. The zero-order valence-corrected chi connectivity index (χ0v) is 13.9. The first-order valence-corrected chi connectivity index (χ1v) is 7.70. The van der Waals surface area contributed by atoms with Crippen LogP contribution in [0.5, 0.6) is 0 Å². The molecule has 0 spiro atoms. The van der Waals surface area contributed by atoms with Gasteiger partial charge in [0.2, 0.25) is 0 Å². The second-order valence-corrected chi connectivity index (χ2v) is 6.22. The van der Waals surface area contributed by atoms with Crippen molar-refractivity contribution < 1.29 is 4.42 Å². The highest BCUT2D eigenvalue weighted by atomic mass is 79.9. The van der Waals surface area contributed by atoms with Gasteiger partial charge in [0.15, 0.2) is 5.58 Å². The Hall–Kier alpha value is -1.52. The molecule has 1 heterocycles. The Kier molecular flexibility index (Phi) is 3.68. The lowest BCUT2D eigenvalue weighted by atomic mass is 10.0. The number of halogens is 2. The van der Waals surface area contributed by atoms with E-state index in [1.165, 1.54) is 4.57 Å². The van der Waals surface area contributed by atoms with Crippen molar-refractivity contribution in [3.05, 3.63) is 68.1 Å². The Morgan fingerprint density at radius 2 is 2.05 bits per heavy atom. The Morgan fingerprint density at radius 3 is 2.81 bits per heavy atom. The largest absolute Gasteiger partial charge is 0.419 e. The number of fused-ring (bicyclic) bond motifs is 1. The molecule has 3 aromatic rings. The normalized spacial score (nSPS) is 12.8. The Labute approximate surface area is 135 Å². The number of aromatic nitrogens is 1. The van der Waals surface area contributed by atoms with Gasteiger partial charge < -0.3 is 4.42 Å². The highest BCUT2D eigenvalue weighted by Gasteiger charge is 2.17. The van der Waals surface area contributed by atoms with Gasteiger partial charge in [0.25, 0.3) is 0 Å². The summed E-state index contributed by atoms with van der Waals surface area (Å²) in [7, 11) is 1.68. The summed E-state index contributed by atoms with van der Waals surface area (Å²) >= 11 is 10.2. The lowest BCUT2D eigenvalue weighted by molar-refractivity contribution is 0.528. The van der Waals surface area contributed by atoms with Crippen molar-refractivity contribution in [3.8, 4) is 0 Å². The molecule has 0 aliphatic heterocycles. The smallest absolute Gasteiger partial charge is 0.408 e. The average Bonchev–Trinajstić information content (AvgIpc) is 2.76. The molecule has 0 saturated carbocycles. The van der Waals surface area contributed by atoms with Crippen LogP contribution in [0.2, 0.25) is 0 Å². The first-order chi connectivity index (χ1) is 9.99. The van der Waals surface area contributed by atoms with E-state index in [2.05, 4.69) is 15.9 Å². The van der Waals surface area contributed by atoms with Crippen LogP contribution >= 0.6 is 27.5 Å². The summed E-state index contributed by atoms with van der Waals surface area (Å²) in [6.07, 6.45) is 0. The van der Waals surface area contributed by atoms with Crippen LogP contribution in [0.3, 0.4) is 0 Å². The fraction of sp³-hybridized carbons (Fsp3) is 0.188. The number of aryl methyl sites for hydroxylation is 2. The van der Waals surface area contributed by atoms with Crippen LogP contribution in [0.15, 0.2) is 50.1 Å². The maximum atomic E-state index is 11.5. The van der Waals surface area contributed by atoms with Crippen LogP contribution in [0, 0.1) is 6.92 Å². The van der Waals surface area contributed by atoms with E-state index in [4.69, 9.17) is 16.0 Å². The lowest BCUT2D eigenvalue weighted by Crippen LogP contribution is -2.08. The number of benzene rings is 2. The zero-order chi connectivity index (χ0) is 15.1. The molecule has 2 aromatic carbocycles. The van der Waals surface area contributed by atoms with E-state index in [1.807, 2.05) is 43.3 Å². The minimum Gasteiger partial charge on any atom is -0.408 e. The van der Waals surface area contributed by atoms with E-state index in [9.17, 15) is 4.79 Å². The summed E-state index contributed by atoms with van der Waals surface area (Å²) in [5, 5.41) is -0.311. The third kappa shape index (κ3) is 2.43. The number of alkyl halides is 1. The number of hydrogen-bond acceptors (Lipinski definition) is 2. The summed E-state index contributed by atoms with van der Waals surface area (Å²) < 4.78 is 7.69. The molecule has 5 heteroatoms. The van der Waals surface area contributed by atoms with Crippen molar-refractivity contribution >= 4 is 38.6 Å². The maximum Gasteiger partial charge on any atom is 0.419 e. The molecule has 0 saturated heterocycles. The molecule has 108 valence electrons. The van der Waals surface area contributed by atoms with E-state index < -0.39 is 0 Å². The SMILES string of the molecule is Cc1cccc(C(Cl)c2ccc3c(c2)oc(=O)n3C)c1Br. The highest BCUT2D eigenvalue weighted by molar-refractivity contribution is 9.10. The maximum absolute atomic E-state index is 11.5. The molecule has 0 fully saturated rings. The highest BCUT2D eigenvalue weighted by Crippen LogP contribution is 2.36. The number of nitrogens with zero attached hydrogens (tertiary/aromatic N) is 1. The van der Waals surface area contributed by atoms with Gasteiger partial charge in [-0.05, 0) is 35.7 Å². The molecule has 3 nitrogen and oxygen atoms in total. The van der Waals surface area contributed by atoms with Crippen LogP contribution in [0.4, 0.5) is 0 Å². The predicted molar refractivity (Wildman–Crippen MR) is 88.0 cm³/mol. The summed E-state index contributed by atoms with van der Waals surface area (Å²) in [5.41, 5.74) is 4.33. The van der Waals surface area contributed by atoms with Crippen molar-refractivity contribution in [2.75, 3.05) is 0 Å². The molecule has 1 aromatic heterocycles. The van der Waals surface area contributed by atoms with Crippen molar-refractivity contribution in [2.24, 2.45) is 7.05 Å². The van der Waals surface area contributed by atoms with Crippen LogP contribution in [-0.4, -0.2) is 4.57 Å². The zero-order valence-electron chi connectivity index (χ0n) is 11.6. The molecular formula is C16H13BrClNO2. The second-order valence-electron chi connectivity index (χ2n) is 4.99. The number of oxazole rings is 1. The minimum absolute atomic E-state index is 0.311. The molecule has 0 aliphatic carbocycles. The third-order valence-corrected chi connectivity index (χ3v) is 5.17. The van der Waals surface area contributed by atoms with Gasteiger partial charge in [0, 0.05) is 11.5 Å². The van der Waals surface area contributed by atoms with Gasteiger partial charge in [-0.3, -0.25) is 4.57 Å². The fourth-order valence-electron chi connectivity index (χ4n) is 2.35. The molecule has 0 bridgehead atoms. The van der Waals surface area contributed by atoms with Gasteiger partial charge in [-0.2, -0.15) is 0 Å². The van der Waals surface area contributed by atoms with Gasteiger partial charge in [0.05, 0.1) is 10.9 Å². The molecule has 1 atom stereocenters. The van der Waals surface area contributed by atoms with E-state index in [1.54, 1.807) is 7.05 Å². The quantitative estimate of drug-likeness (QED) is 0.625. The molecule has 0 radical (unpaired) electrons. The van der Waals surface area contributed by atoms with E-state index in [-0.39, 0.29) is 11.1 Å². The first-order valence-electron chi connectivity index (χ1n) is 6.47. The van der Waals surface area contributed by atoms with Crippen LogP contribution in [-0.2, 0) is 7.05 Å². The molecule has 1 unspecified atom stereocenters. The van der Waals surface area contributed by atoms with E-state index >= 15 is 0 Å². The minimum atomic E-state index is -0.370. The van der Waals surface area contributed by atoms with Crippen molar-refractivity contribution in [3.63, 3.8) is 0 Å². The molecule has 0 N–H and O–H groups in total. The average molecular weight is 367 g/mol. The summed E-state index contributed by atoms with van der Waals surface area (Å²) in [6, 6.07) is 11.6. The Morgan fingerprint density at radius 1 is 1.29 bits per heavy atom. The van der Waals surface area contributed by atoms with Crippen LogP contribution < -0.4 is 5.76 Å². The van der Waals surface area contributed by atoms with Crippen molar-refractivity contribution in [1.82, 2.24) is 4.57 Å². The fourth-order valence-corrected chi connectivity index (χ4v) is 3.30. The van der Waals surface area contributed by atoms with Gasteiger partial charge in [-0.15, -0.1) is 11.6 Å². The van der Waals surface area contributed by atoms with Gasteiger partial charge >= 0.3 is 5.76 Å². The summed E-state index contributed by atoms with van der Waals surface area (Å²) in [5.74, 6) is -0.370. The Balaban J connectivity index is 2.11. The first kappa shape index (κ1) is 14.4. The third-order valence-electron chi connectivity index (χ3n) is 3.60. The van der Waals surface area contributed by atoms with Crippen molar-refractivity contribution in [1.29, 1.82) is 0 Å². The van der Waals surface area contributed by atoms with Gasteiger partial charge in [0.1, 0.15) is 0 Å². The number of hydrogen-bond donors (Lipinski definition) is 0. The standard InChI is InChI=1S/C16H13BrClNO2/c1-9-4-3-5-11(14(9)17)15(18)10-6-7-12-13(8-10)21-16(20)19(12)2/h3-8,15H,1-2H3. The monoisotopic (exact) mass is 365 g/mol. The molecule has 0 amide bonds. The van der Waals surface area contributed by atoms with Crippen LogP contribution in [0.25, 0.3) is 11.1 Å². The van der Waals surface area contributed by atoms with Crippen molar-refractivity contribution in [2.45, 2.75) is 12.3 Å². The van der Waals surface area contributed by atoms with Crippen LogP contribution in [0.1, 0.15) is 22.1 Å². The molecular weight excluding hydrogens is 354 g/mol. The molecule has 21 heavy (non-hydrogen) atoms. The molecule has 0 aliphatic rings. The second kappa shape index (κ2) is 5.35. The van der Waals surface area contributed by atoms with E-state index in [0.717, 1.165) is 26.7 Å². The lowest BCUT2D eigenvalue weighted by Gasteiger charge is -2.13. The van der Waals surface area contributed by atoms with E-state index in [0.29, 0.717) is 5.58 Å².